The van der Waals surface area contributed by atoms with Crippen molar-refractivity contribution in [1.29, 1.82) is 0 Å². The van der Waals surface area contributed by atoms with Crippen molar-refractivity contribution in [3.63, 3.8) is 0 Å². The highest BCUT2D eigenvalue weighted by atomic mass is 15.1. The van der Waals surface area contributed by atoms with Crippen molar-refractivity contribution in [3.05, 3.63) is 54.1 Å². The van der Waals surface area contributed by atoms with Gasteiger partial charge < -0.3 is 10.3 Å². The highest BCUT2D eigenvalue weighted by Gasteiger charge is 2.43. The largest absolute Gasteiger partial charge is 0.335 e. The van der Waals surface area contributed by atoms with Gasteiger partial charge in [-0.05, 0) is 24.8 Å². The molecule has 3 heteroatoms. The topological polar surface area (TPSA) is 43.8 Å². The molecule has 2 aromatic rings. The summed E-state index contributed by atoms with van der Waals surface area (Å²) in [5.74, 6) is 1.13. The summed E-state index contributed by atoms with van der Waals surface area (Å²) < 4.78 is 2.25. The minimum Gasteiger partial charge on any atom is -0.335 e. The highest BCUT2D eigenvalue weighted by Crippen LogP contribution is 2.46. The van der Waals surface area contributed by atoms with Gasteiger partial charge in [-0.1, -0.05) is 43.7 Å². The first-order valence-electron chi connectivity index (χ1n) is 8.07. The van der Waals surface area contributed by atoms with Crippen molar-refractivity contribution in [2.45, 2.75) is 57.0 Å². The Kier molecular flexibility index (Phi) is 4.11. The standard InChI is InChI=1S/C18H25N3/c1-2-12-21-13-11-20-17(21)14-16(19)18(9-6-10-18)15-7-4-3-5-8-15/h3-5,7-8,11,13,16H,2,6,9-10,12,14,19H2,1H3. The Hall–Kier alpha value is -1.61. The molecule has 2 N–H and O–H groups in total. The van der Waals surface area contributed by atoms with Gasteiger partial charge in [0.1, 0.15) is 5.82 Å². The maximum Gasteiger partial charge on any atom is 0.110 e. The Balaban J connectivity index is 1.80. The molecule has 1 aromatic heterocycles. The summed E-state index contributed by atoms with van der Waals surface area (Å²) in [7, 11) is 0. The molecule has 0 bridgehead atoms. The maximum atomic E-state index is 6.65. The zero-order valence-corrected chi connectivity index (χ0v) is 12.8. The second kappa shape index (κ2) is 6.02. The van der Waals surface area contributed by atoms with Gasteiger partial charge in [-0.15, -0.1) is 0 Å². The van der Waals surface area contributed by atoms with Crippen molar-refractivity contribution in [2.75, 3.05) is 0 Å². The Bertz CT molecular complexity index is 569. The van der Waals surface area contributed by atoms with E-state index in [1.807, 2.05) is 6.20 Å². The van der Waals surface area contributed by atoms with Crippen LogP contribution >= 0.6 is 0 Å². The average molecular weight is 283 g/mol. The van der Waals surface area contributed by atoms with Crippen LogP contribution in [0.3, 0.4) is 0 Å². The van der Waals surface area contributed by atoms with Crippen LogP contribution in [0.1, 0.15) is 44.0 Å². The van der Waals surface area contributed by atoms with E-state index in [0.29, 0.717) is 0 Å². The molecule has 0 amide bonds. The van der Waals surface area contributed by atoms with E-state index < -0.39 is 0 Å². The SMILES string of the molecule is CCCn1ccnc1CC(N)C1(c2ccccc2)CCC1. The normalized spacial score (nSPS) is 18.2. The highest BCUT2D eigenvalue weighted by molar-refractivity contribution is 5.31. The average Bonchev–Trinajstić information content (AvgIpc) is 2.86. The number of aromatic nitrogens is 2. The lowest BCUT2D eigenvalue weighted by Crippen LogP contribution is -2.51. The summed E-state index contributed by atoms with van der Waals surface area (Å²) in [6.45, 7) is 3.22. The molecule has 1 aromatic carbocycles. The minimum absolute atomic E-state index is 0.145. The Morgan fingerprint density at radius 2 is 2.05 bits per heavy atom. The van der Waals surface area contributed by atoms with Crippen LogP contribution in [0.5, 0.6) is 0 Å². The number of nitrogens with zero attached hydrogens (tertiary/aromatic N) is 2. The van der Waals surface area contributed by atoms with Gasteiger partial charge in [-0.2, -0.15) is 0 Å². The van der Waals surface area contributed by atoms with Gasteiger partial charge in [0.25, 0.3) is 0 Å². The van der Waals surface area contributed by atoms with Gasteiger partial charge >= 0.3 is 0 Å². The second-order valence-electron chi connectivity index (χ2n) is 6.22. The summed E-state index contributed by atoms with van der Waals surface area (Å²) in [6, 6.07) is 10.9. The number of hydrogen-bond donors (Lipinski definition) is 1. The van der Waals surface area contributed by atoms with Crippen molar-refractivity contribution in [1.82, 2.24) is 9.55 Å². The van der Waals surface area contributed by atoms with Crippen LogP contribution in [-0.4, -0.2) is 15.6 Å². The molecule has 1 unspecified atom stereocenters. The quantitative estimate of drug-likeness (QED) is 0.884. The fourth-order valence-electron chi connectivity index (χ4n) is 3.57. The van der Waals surface area contributed by atoms with E-state index in [4.69, 9.17) is 5.73 Å². The number of imidazole rings is 1. The van der Waals surface area contributed by atoms with Crippen LogP contribution in [0.25, 0.3) is 0 Å². The third-order valence-corrected chi connectivity index (χ3v) is 4.97. The van der Waals surface area contributed by atoms with Gasteiger partial charge in [0.05, 0.1) is 0 Å². The van der Waals surface area contributed by atoms with Gasteiger partial charge in [0.15, 0.2) is 0 Å². The Morgan fingerprint density at radius 3 is 2.67 bits per heavy atom. The summed E-state index contributed by atoms with van der Waals surface area (Å²) >= 11 is 0. The van der Waals surface area contributed by atoms with Crippen molar-refractivity contribution in [3.8, 4) is 0 Å². The molecule has 3 rings (SSSR count). The maximum absolute atomic E-state index is 6.65. The summed E-state index contributed by atoms with van der Waals surface area (Å²) in [6.07, 6.45) is 9.64. The molecule has 1 heterocycles. The third-order valence-electron chi connectivity index (χ3n) is 4.97. The van der Waals surface area contributed by atoms with Crippen LogP contribution < -0.4 is 5.73 Å². The molecule has 1 aliphatic carbocycles. The fraction of sp³-hybridized carbons (Fsp3) is 0.500. The molecule has 1 saturated carbocycles. The second-order valence-corrected chi connectivity index (χ2v) is 6.22. The van der Waals surface area contributed by atoms with Crippen LogP contribution in [0.15, 0.2) is 42.7 Å². The van der Waals surface area contributed by atoms with E-state index in [1.165, 1.54) is 24.8 Å². The number of benzene rings is 1. The van der Waals surface area contributed by atoms with E-state index >= 15 is 0 Å². The van der Waals surface area contributed by atoms with Crippen molar-refractivity contribution >= 4 is 0 Å². The molecule has 1 fully saturated rings. The van der Waals surface area contributed by atoms with Crippen LogP contribution in [0.2, 0.25) is 0 Å². The van der Waals surface area contributed by atoms with Crippen LogP contribution in [0, 0.1) is 0 Å². The molecular formula is C18H25N3. The number of hydrogen-bond acceptors (Lipinski definition) is 2. The molecule has 1 atom stereocenters. The summed E-state index contributed by atoms with van der Waals surface area (Å²) in [4.78, 5) is 4.52. The van der Waals surface area contributed by atoms with Crippen LogP contribution in [-0.2, 0) is 18.4 Å². The van der Waals surface area contributed by atoms with E-state index in [2.05, 4.69) is 53.0 Å². The monoisotopic (exact) mass is 283 g/mol. The lowest BCUT2D eigenvalue weighted by molar-refractivity contribution is 0.192. The lowest BCUT2D eigenvalue weighted by atomic mass is 9.59. The number of nitrogens with two attached hydrogens (primary N) is 1. The summed E-state index contributed by atoms with van der Waals surface area (Å²) in [5.41, 5.74) is 8.21. The molecule has 21 heavy (non-hydrogen) atoms. The zero-order chi connectivity index (χ0) is 14.7. The molecule has 112 valence electrons. The van der Waals surface area contributed by atoms with Crippen molar-refractivity contribution in [2.24, 2.45) is 5.73 Å². The third kappa shape index (κ3) is 2.62. The number of aryl methyl sites for hydroxylation is 1. The predicted octanol–water partition coefficient (Wildman–Crippen LogP) is 3.28. The predicted molar refractivity (Wildman–Crippen MR) is 86.2 cm³/mol. The van der Waals surface area contributed by atoms with E-state index in [1.54, 1.807) is 0 Å². The van der Waals surface area contributed by atoms with Gasteiger partial charge in [-0.3, -0.25) is 0 Å². The van der Waals surface area contributed by atoms with E-state index in [-0.39, 0.29) is 11.5 Å². The Morgan fingerprint density at radius 1 is 1.29 bits per heavy atom. The fourth-order valence-corrected chi connectivity index (χ4v) is 3.57. The Labute approximate surface area is 127 Å². The van der Waals surface area contributed by atoms with Crippen LogP contribution in [0.4, 0.5) is 0 Å². The molecule has 1 aliphatic rings. The zero-order valence-electron chi connectivity index (χ0n) is 12.8. The molecule has 0 spiro atoms. The summed E-state index contributed by atoms with van der Waals surface area (Å²) in [5, 5.41) is 0. The van der Waals surface area contributed by atoms with E-state index in [0.717, 1.165) is 25.2 Å². The van der Waals surface area contributed by atoms with E-state index in [9.17, 15) is 0 Å². The molecule has 3 nitrogen and oxygen atoms in total. The van der Waals surface area contributed by atoms with Gasteiger partial charge in [0, 0.05) is 36.8 Å². The first kappa shape index (κ1) is 14.3. The first-order valence-corrected chi connectivity index (χ1v) is 8.07. The van der Waals surface area contributed by atoms with Crippen molar-refractivity contribution < 1.29 is 0 Å². The molecule has 0 aliphatic heterocycles. The lowest BCUT2D eigenvalue weighted by Gasteiger charge is -2.47. The molecule has 0 radical (unpaired) electrons. The minimum atomic E-state index is 0.145. The smallest absolute Gasteiger partial charge is 0.110 e. The first-order chi connectivity index (χ1) is 10.3. The molecular weight excluding hydrogens is 258 g/mol. The molecule has 0 saturated heterocycles. The van der Waals surface area contributed by atoms with Gasteiger partial charge in [-0.25, -0.2) is 4.98 Å². The van der Waals surface area contributed by atoms with Gasteiger partial charge in [0.2, 0.25) is 0 Å². The number of rotatable bonds is 6.